The van der Waals surface area contributed by atoms with Crippen LogP contribution in [0.3, 0.4) is 0 Å². The predicted octanol–water partition coefficient (Wildman–Crippen LogP) is 16.7. The Morgan fingerprint density at radius 1 is 0.277 bits per heavy atom. The lowest BCUT2D eigenvalue weighted by Crippen LogP contribution is -2.26. The molecule has 4 heteroatoms. The van der Waals surface area contributed by atoms with Crippen molar-refractivity contribution < 1.29 is 8.78 Å². The van der Waals surface area contributed by atoms with Gasteiger partial charge < -0.3 is 9.80 Å². The molecule has 0 bridgehead atoms. The van der Waals surface area contributed by atoms with Crippen LogP contribution in [0.1, 0.15) is 22.3 Å². The van der Waals surface area contributed by atoms with E-state index in [1.54, 1.807) is 24.3 Å². The van der Waals surface area contributed by atoms with E-state index in [4.69, 9.17) is 0 Å². The molecule has 0 fully saturated rings. The Hall–Kier alpha value is -8.34. The maximum absolute atomic E-state index is 14.9. The van der Waals surface area contributed by atoms with E-state index in [-0.39, 0.29) is 11.6 Å². The molecule has 0 radical (unpaired) electrons. The smallest absolute Gasteiger partial charge is 0.125 e. The third-order valence-electron chi connectivity index (χ3n) is 13.6. The van der Waals surface area contributed by atoms with Gasteiger partial charge in [0.2, 0.25) is 0 Å². The number of para-hydroxylation sites is 2. The van der Waals surface area contributed by atoms with Gasteiger partial charge in [0.15, 0.2) is 0 Å². The van der Waals surface area contributed by atoms with Gasteiger partial charge in [0.05, 0.1) is 5.41 Å². The second-order valence-electron chi connectivity index (χ2n) is 17.2. The molecule has 0 saturated carbocycles. The number of benzene rings is 11. The van der Waals surface area contributed by atoms with Crippen molar-refractivity contribution in [2.75, 3.05) is 9.80 Å². The first-order valence-electron chi connectivity index (χ1n) is 22.0. The summed E-state index contributed by atoms with van der Waals surface area (Å²) in [6, 6.07) is 79.0. The second kappa shape index (κ2) is 14.3. The minimum Gasteiger partial charge on any atom is -0.310 e. The Bertz CT molecular complexity index is 3530. The van der Waals surface area contributed by atoms with E-state index in [1.165, 1.54) is 67.4 Å². The largest absolute Gasteiger partial charge is 0.310 e. The fraction of sp³-hybridized carbons (Fsp3) is 0.0164. The van der Waals surface area contributed by atoms with Gasteiger partial charge in [0.1, 0.15) is 11.6 Å². The summed E-state index contributed by atoms with van der Waals surface area (Å²) in [5, 5.41) is 6.88. The van der Waals surface area contributed by atoms with Crippen LogP contribution in [0.25, 0.3) is 54.6 Å². The first kappa shape index (κ1) is 37.2. The molecular weight excluding hydrogens is 799 g/mol. The normalized spacial score (nSPS) is 12.9. The monoisotopic (exact) mass is 836 g/mol. The number of anilines is 6. The number of halogens is 2. The summed E-state index contributed by atoms with van der Waals surface area (Å²) in [7, 11) is 0. The van der Waals surface area contributed by atoms with Gasteiger partial charge in [-0.05, 0) is 186 Å². The van der Waals surface area contributed by atoms with E-state index in [2.05, 4.69) is 155 Å². The fourth-order valence-corrected chi connectivity index (χ4v) is 11.0. The Labute approximate surface area is 375 Å². The molecule has 306 valence electrons. The molecule has 11 aromatic carbocycles. The Morgan fingerprint density at radius 2 is 0.754 bits per heavy atom. The lowest BCUT2D eigenvalue weighted by Gasteiger charge is -2.31. The molecule has 1 spiro atoms. The van der Waals surface area contributed by atoms with Gasteiger partial charge in [-0.15, -0.1) is 0 Å². The van der Waals surface area contributed by atoms with Crippen LogP contribution in [0.4, 0.5) is 42.9 Å². The molecule has 0 heterocycles. The summed E-state index contributed by atoms with van der Waals surface area (Å²) in [5.41, 5.74) is 14.5. The van der Waals surface area contributed by atoms with Crippen molar-refractivity contribution in [2.24, 2.45) is 0 Å². The number of hydrogen-bond acceptors (Lipinski definition) is 2. The van der Waals surface area contributed by atoms with Crippen LogP contribution >= 0.6 is 0 Å². The highest BCUT2D eigenvalue weighted by Crippen LogP contribution is 2.65. The standard InChI is InChI=1S/C61H38F2N2/c62-44-14-11-20-48(37-44)64(46-16-3-1-4-17-46)50-28-25-40-33-54-55-34-41-26-29-51(65(47-18-5-2-6-19-47)49-21-12-15-45(63)38-49)32-43(41)36-59(55)61(58(54)35-42(40)31-50)56-24-10-9-23-53(56)60-52-22-8-7-13-39(52)27-30-57(60)61/h1-38H. The van der Waals surface area contributed by atoms with Crippen LogP contribution in [0, 0.1) is 11.6 Å². The van der Waals surface area contributed by atoms with Crippen molar-refractivity contribution in [1.82, 2.24) is 0 Å². The third-order valence-corrected chi connectivity index (χ3v) is 13.6. The summed E-state index contributed by atoms with van der Waals surface area (Å²) in [6.45, 7) is 0. The van der Waals surface area contributed by atoms with E-state index < -0.39 is 5.41 Å². The fourth-order valence-electron chi connectivity index (χ4n) is 11.0. The third kappa shape index (κ3) is 5.63. The molecule has 0 unspecified atom stereocenters. The SMILES string of the molecule is Fc1cccc(N(c2ccccc2)c2ccc3cc4c(cc3c2)C2(c3cc5cc(N(c6ccccc6)c6cccc(F)c6)ccc5cc3-4)c3ccccc3-c3c2ccc2ccccc32)c1. The zero-order valence-corrected chi connectivity index (χ0v) is 35.1. The molecule has 2 aliphatic carbocycles. The highest BCUT2D eigenvalue weighted by atomic mass is 19.1. The highest BCUT2D eigenvalue weighted by molar-refractivity contribution is 6.09. The average Bonchev–Trinajstić information content (AvgIpc) is 3.80. The molecule has 0 aliphatic heterocycles. The molecule has 13 rings (SSSR count). The maximum Gasteiger partial charge on any atom is 0.125 e. The van der Waals surface area contributed by atoms with E-state index in [0.717, 1.165) is 55.7 Å². The molecule has 0 aromatic heterocycles. The van der Waals surface area contributed by atoms with Crippen LogP contribution in [0.5, 0.6) is 0 Å². The molecule has 0 amide bonds. The molecule has 0 N–H and O–H groups in total. The molecule has 65 heavy (non-hydrogen) atoms. The quantitative estimate of drug-likeness (QED) is 0.165. The second-order valence-corrected chi connectivity index (χ2v) is 17.2. The zero-order valence-electron chi connectivity index (χ0n) is 35.1. The van der Waals surface area contributed by atoms with Gasteiger partial charge in [0.25, 0.3) is 0 Å². The van der Waals surface area contributed by atoms with E-state index in [1.807, 2.05) is 48.5 Å². The van der Waals surface area contributed by atoms with E-state index >= 15 is 0 Å². The number of rotatable bonds is 6. The predicted molar refractivity (Wildman–Crippen MR) is 265 cm³/mol. The first-order chi connectivity index (χ1) is 32.0. The first-order valence-corrected chi connectivity index (χ1v) is 22.0. The zero-order chi connectivity index (χ0) is 43.2. The molecule has 2 nitrogen and oxygen atoms in total. The summed E-state index contributed by atoms with van der Waals surface area (Å²) in [5.74, 6) is -0.567. The maximum atomic E-state index is 14.9. The molecular formula is C61H38F2N2. The van der Waals surface area contributed by atoms with Crippen LogP contribution in [0.15, 0.2) is 231 Å². The summed E-state index contributed by atoms with van der Waals surface area (Å²) < 4.78 is 29.8. The van der Waals surface area contributed by atoms with Gasteiger partial charge in [-0.3, -0.25) is 0 Å². The Balaban J connectivity index is 1.08. The van der Waals surface area contributed by atoms with Crippen LogP contribution in [-0.2, 0) is 5.41 Å². The van der Waals surface area contributed by atoms with Crippen molar-refractivity contribution in [3.8, 4) is 22.3 Å². The van der Waals surface area contributed by atoms with Gasteiger partial charge in [-0.25, -0.2) is 8.78 Å². The van der Waals surface area contributed by atoms with E-state index in [9.17, 15) is 8.78 Å². The summed E-state index contributed by atoms with van der Waals surface area (Å²) in [6.07, 6.45) is 0. The van der Waals surface area contributed by atoms with Gasteiger partial charge in [-0.2, -0.15) is 0 Å². The Morgan fingerprint density at radius 3 is 1.32 bits per heavy atom. The van der Waals surface area contributed by atoms with Gasteiger partial charge in [0, 0.05) is 34.1 Å². The number of nitrogens with zero attached hydrogens (tertiary/aromatic N) is 2. The molecule has 11 aromatic rings. The molecule has 2 aliphatic rings. The average molecular weight is 837 g/mol. The minimum atomic E-state index is -0.641. The summed E-state index contributed by atoms with van der Waals surface area (Å²) in [4.78, 5) is 4.25. The van der Waals surface area contributed by atoms with Gasteiger partial charge in [-0.1, -0.05) is 121 Å². The van der Waals surface area contributed by atoms with E-state index in [0.29, 0.717) is 0 Å². The lowest BCUT2D eigenvalue weighted by molar-refractivity contribution is 0.627. The minimum absolute atomic E-state index is 0.283. The molecule has 0 saturated heterocycles. The van der Waals surface area contributed by atoms with Crippen molar-refractivity contribution >= 4 is 66.4 Å². The highest BCUT2D eigenvalue weighted by Gasteiger charge is 2.52. The topological polar surface area (TPSA) is 6.48 Å². The van der Waals surface area contributed by atoms with Gasteiger partial charge >= 0.3 is 0 Å². The lowest BCUT2D eigenvalue weighted by atomic mass is 9.70. The van der Waals surface area contributed by atoms with Crippen molar-refractivity contribution in [3.63, 3.8) is 0 Å². The van der Waals surface area contributed by atoms with Crippen molar-refractivity contribution in [3.05, 3.63) is 264 Å². The van der Waals surface area contributed by atoms with Crippen molar-refractivity contribution in [2.45, 2.75) is 5.41 Å². The molecule has 0 atom stereocenters. The van der Waals surface area contributed by atoms with Crippen LogP contribution < -0.4 is 9.80 Å². The number of fused-ring (bicyclic) bond motifs is 14. The summed E-state index contributed by atoms with van der Waals surface area (Å²) >= 11 is 0. The van der Waals surface area contributed by atoms with Crippen molar-refractivity contribution in [1.29, 1.82) is 0 Å². The van der Waals surface area contributed by atoms with Crippen LogP contribution in [-0.4, -0.2) is 0 Å². The Kier molecular flexibility index (Phi) is 8.22. The van der Waals surface area contributed by atoms with Crippen LogP contribution in [0.2, 0.25) is 0 Å². The number of hydrogen-bond donors (Lipinski definition) is 0.